The molecule has 0 N–H and O–H groups in total. The summed E-state index contributed by atoms with van der Waals surface area (Å²) < 4.78 is 23.7. The number of sulfone groups is 1. The molecule has 1 saturated heterocycles. The molecule has 1 aliphatic rings. The third-order valence-corrected chi connectivity index (χ3v) is 6.68. The molecule has 26 heavy (non-hydrogen) atoms. The molecule has 0 spiro atoms. The average Bonchev–Trinajstić information content (AvgIpc) is 3.02. The molecular weight excluding hydrogens is 348 g/mol. The molecular formula is C19H26N4O2S. The molecule has 0 amide bonds. The van der Waals surface area contributed by atoms with E-state index in [1.807, 2.05) is 48.3 Å². The number of hydrogen-bond donors (Lipinski definition) is 0. The minimum atomic E-state index is -2.95. The second-order valence-corrected chi connectivity index (χ2v) is 8.85. The van der Waals surface area contributed by atoms with Crippen molar-refractivity contribution in [3.05, 3.63) is 36.4 Å². The second kappa shape index (κ2) is 7.61. The molecule has 0 aliphatic carbocycles. The van der Waals surface area contributed by atoms with Gasteiger partial charge >= 0.3 is 0 Å². The topological polar surface area (TPSA) is 66.4 Å². The Hall–Kier alpha value is -2.15. The summed E-state index contributed by atoms with van der Waals surface area (Å²) >= 11 is 0. The summed E-state index contributed by atoms with van der Waals surface area (Å²) in [6.45, 7) is 5.90. The van der Waals surface area contributed by atoms with E-state index in [4.69, 9.17) is 9.97 Å². The van der Waals surface area contributed by atoms with Gasteiger partial charge in [-0.1, -0.05) is 30.3 Å². The number of hydrogen-bond acceptors (Lipinski definition) is 6. The highest BCUT2D eigenvalue weighted by Gasteiger charge is 2.32. The first-order valence-corrected chi connectivity index (χ1v) is 10.9. The van der Waals surface area contributed by atoms with Gasteiger partial charge in [0.15, 0.2) is 9.84 Å². The van der Waals surface area contributed by atoms with E-state index < -0.39 is 9.84 Å². The van der Waals surface area contributed by atoms with Gasteiger partial charge < -0.3 is 9.80 Å². The lowest BCUT2D eigenvalue weighted by atomic mass is 10.1. The maximum atomic E-state index is 11.9. The van der Waals surface area contributed by atoms with E-state index in [-0.39, 0.29) is 17.5 Å². The van der Waals surface area contributed by atoms with E-state index in [1.165, 1.54) is 0 Å². The van der Waals surface area contributed by atoms with Crippen molar-refractivity contribution in [1.82, 2.24) is 9.97 Å². The van der Waals surface area contributed by atoms with E-state index in [2.05, 4.69) is 18.7 Å². The van der Waals surface area contributed by atoms with Crippen LogP contribution in [0.2, 0.25) is 0 Å². The molecule has 1 fully saturated rings. The first kappa shape index (κ1) is 18.6. The maximum Gasteiger partial charge on any atom is 0.227 e. The minimum absolute atomic E-state index is 0.0735. The summed E-state index contributed by atoms with van der Waals surface area (Å²) in [5.74, 6) is 1.86. The van der Waals surface area contributed by atoms with Crippen molar-refractivity contribution in [2.45, 2.75) is 26.3 Å². The molecule has 1 aromatic carbocycles. The molecule has 0 radical (unpaired) electrons. The maximum absolute atomic E-state index is 11.9. The number of nitrogens with zero attached hydrogens (tertiary/aromatic N) is 4. The van der Waals surface area contributed by atoms with Gasteiger partial charge in [-0.05, 0) is 20.3 Å². The van der Waals surface area contributed by atoms with Crippen molar-refractivity contribution in [2.24, 2.45) is 0 Å². The Morgan fingerprint density at radius 1 is 1.12 bits per heavy atom. The van der Waals surface area contributed by atoms with Crippen LogP contribution in [0.5, 0.6) is 0 Å². The Balaban J connectivity index is 2.02. The first-order chi connectivity index (χ1) is 12.4. The fraction of sp³-hybridized carbons (Fsp3) is 0.474. The lowest BCUT2D eigenvalue weighted by molar-refractivity contribution is 0.600. The van der Waals surface area contributed by atoms with Gasteiger partial charge in [-0.2, -0.15) is 4.98 Å². The summed E-state index contributed by atoms with van der Waals surface area (Å²) in [6.07, 6.45) is 0.623. The van der Waals surface area contributed by atoms with Crippen LogP contribution in [-0.2, 0) is 9.84 Å². The highest BCUT2D eigenvalue weighted by molar-refractivity contribution is 7.91. The van der Waals surface area contributed by atoms with E-state index in [0.717, 1.165) is 30.2 Å². The van der Waals surface area contributed by atoms with Crippen LogP contribution in [0.3, 0.4) is 0 Å². The third-order valence-electron chi connectivity index (χ3n) is 4.93. The van der Waals surface area contributed by atoms with E-state index in [1.54, 1.807) is 0 Å². The third kappa shape index (κ3) is 3.98. The number of anilines is 2. The van der Waals surface area contributed by atoms with Crippen molar-refractivity contribution < 1.29 is 8.42 Å². The van der Waals surface area contributed by atoms with Gasteiger partial charge in [0, 0.05) is 37.8 Å². The van der Waals surface area contributed by atoms with E-state index in [9.17, 15) is 8.42 Å². The zero-order chi connectivity index (χ0) is 18.7. The summed E-state index contributed by atoms with van der Waals surface area (Å²) in [6, 6.07) is 11.9. The molecule has 1 aromatic heterocycles. The summed E-state index contributed by atoms with van der Waals surface area (Å²) in [7, 11) is -1.06. The molecule has 2 heterocycles. The van der Waals surface area contributed by atoms with Gasteiger partial charge in [0.1, 0.15) is 5.82 Å². The normalized spacial score (nSPS) is 18.7. The van der Waals surface area contributed by atoms with Crippen molar-refractivity contribution in [2.75, 3.05) is 41.4 Å². The largest absolute Gasteiger partial charge is 0.357 e. The summed E-state index contributed by atoms with van der Waals surface area (Å²) in [5.41, 5.74) is 1.88. The molecule has 7 heteroatoms. The Labute approximate surface area is 155 Å². The first-order valence-electron chi connectivity index (χ1n) is 9.06. The van der Waals surface area contributed by atoms with Crippen LogP contribution in [0.15, 0.2) is 36.4 Å². The number of rotatable bonds is 6. The molecule has 6 nitrogen and oxygen atoms in total. The molecule has 1 unspecified atom stereocenters. The van der Waals surface area contributed by atoms with Gasteiger partial charge in [0.05, 0.1) is 17.2 Å². The molecule has 2 aromatic rings. The summed E-state index contributed by atoms with van der Waals surface area (Å²) in [5, 5.41) is 0. The van der Waals surface area contributed by atoms with E-state index >= 15 is 0 Å². The molecule has 140 valence electrons. The zero-order valence-corrected chi connectivity index (χ0v) is 16.4. The van der Waals surface area contributed by atoms with Crippen molar-refractivity contribution in [1.29, 1.82) is 0 Å². The molecule has 0 bridgehead atoms. The predicted octanol–water partition coefficient (Wildman–Crippen LogP) is 2.61. The van der Waals surface area contributed by atoms with Gasteiger partial charge in [-0.25, -0.2) is 13.4 Å². The number of benzene rings is 1. The van der Waals surface area contributed by atoms with Crippen LogP contribution in [0.1, 0.15) is 20.3 Å². The Morgan fingerprint density at radius 3 is 2.38 bits per heavy atom. The zero-order valence-electron chi connectivity index (χ0n) is 15.6. The Bertz CT molecular complexity index is 851. The quantitative estimate of drug-likeness (QED) is 0.774. The van der Waals surface area contributed by atoms with Crippen LogP contribution >= 0.6 is 0 Å². The van der Waals surface area contributed by atoms with Gasteiger partial charge in [0.25, 0.3) is 0 Å². The van der Waals surface area contributed by atoms with Crippen LogP contribution < -0.4 is 9.80 Å². The molecule has 1 atom stereocenters. The van der Waals surface area contributed by atoms with Crippen molar-refractivity contribution in [3.8, 4) is 11.3 Å². The van der Waals surface area contributed by atoms with Crippen LogP contribution in [0.4, 0.5) is 11.8 Å². The predicted molar refractivity (Wildman–Crippen MR) is 106 cm³/mol. The fourth-order valence-corrected chi connectivity index (χ4v) is 5.06. The van der Waals surface area contributed by atoms with E-state index in [0.29, 0.717) is 12.4 Å². The number of aromatic nitrogens is 2. The molecule has 3 rings (SSSR count). The Kier molecular flexibility index (Phi) is 5.46. The summed E-state index contributed by atoms with van der Waals surface area (Å²) in [4.78, 5) is 13.6. The lowest BCUT2D eigenvalue weighted by Gasteiger charge is -2.26. The highest BCUT2D eigenvalue weighted by Crippen LogP contribution is 2.27. The monoisotopic (exact) mass is 374 g/mol. The van der Waals surface area contributed by atoms with Crippen molar-refractivity contribution >= 4 is 21.6 Å². The second-order valence-electron chi connectivity index (χ2n) is 6.62. The average molecular weight is 375 g/mol. The molecule has 0 saturated carbocycles. The van der Waals surface area contributed by atoms with Crippen LogP contribution in [0.25, 0.3) is 11.3 Å². The smallest absolute Gasteiger partial charge is 0.227 e. The minimum Gasteiger partial charge on any atom is -0.357 e. The molecule has 1 aliphatic heterocycles. The van der Waals surface area contributed by atoms with Crippen molar-refractivity contribution in [3.63, 3.8) is 0 Å². The van der Waals surface area contributed by atoms with Gasteiger partial charge in [0.2, 0.25) is 5.95 Å². The fourth-order valence-electron chi connectivity index (χ4n) is 3.29. The lowest BCUT2D eigenvalue weighted by Crippen LogP contribution is -2.34. The standard InChI is InChI=1S/C19H26N4O2S/c1-4-23(5-2)18-13-17(15-9-7-6-8-10-15)20-19(21-18)22(3)16-11-12-26(24,25)14-16/h6-10,13,16H,4-5,11-12,14H2,1-3H3. The Morgan fingerprint density at radius 2 is 1.81 bits per heavy atom. The van der Waals surface area contributed by atoms with Crippen LogP contribution in [0, 0.1) is 0 Å². The van der Waals surface area contributed by atoms with Crippen LogP contribution in [-0.4, -0.2) is 56.1 Å². The highest BCUT2D eigenvalue weighted by atomic mass is 32.2. The van der Waals surface area contributed by atoms with Gasteiger partial charge in [-0.15, -0.1) is 0 Å². The van der Waals surface area contributed by atoms with Gasteiger partial charge in [-0.3, -0.25) is 0 Å². The SMILES string of the molecule is CCN(CC)c1cc(-c2ccccc2)nc(N(C)C2CCS(=O)(=O)C2)n1.